The summed E-state index contributed by atoms with van der Waals surface area (Å²) in [5.74, 6) is -0.103. The molecule has 42 heavy (non-hydrogen) atoms. The van der Waals surface area contributed by atoms with Crippen LogP contribution in [0.1, 0.15) is 116 Å². The van der Waals surface area contributed by atoms with Crippen LogP contribution in [0.3, 0.4) is 0 Å². The Morgan fingerprint density at radius 2 is 1.81 bits per heavy atom. The molecule has 1 aromatic carbocycles. The van der Waals surface area contributed by atoms with Crippen LogP contribution >= 0.6 is 11.3 Å². The van der Waals surface area contributed by atoms with Gasteiger partial charge in [-0.3, -0.25) is 9.78 Å². The molecule has 0 bridgehead atoms. The fraction of sp³-hybridized carbons (Fsp3) is 0.529. The van der Waals surface area contributed by atoms with E-state index in [2.05, 4.69) is 45.3 Å². The summed E-state index contributed by atoms with van der Waals surface area (Å²) in [5, 5.41) is 4.10. The third kappa shape index (κ3) is 6.60. The molecule has 0 saturated heterocycles. The van der Waals surface area contributed by atoms with Crippen molar-refractivity contribution in [1.29, 1.82) is 0 Å². The number of ketones is 1. The summed E-state index contributed by atoms with van der Waals surface area (Å²) in [7, 11) is -2.04. The van der Waals surface area contributed by atoms with Crippen LogP contribution in [-0.2, 0) is 17.0 Å². The number of nitrogens with zero attached hydrogens (tertiary/aromatic N) is 1. The molecule has 3 nitrogen and oxygen atoms in total. The Bertz CT molecular complexity index is 1410. The molecular weight excluding hydrogens is 572 g/mol. The van der Waals surface area contributed by atoms with Crippen molar-refractivity contribution in [2.45, 2.75) is 109 Å². The fourth-order valence-corrected chi connectivity index (χ4v) is 9.75. The molecule has 1 atom stereocenters. The average molecular weight is 614 g/mol. The van der Waals surface area contributed by atoms with Crippen molar-refractivity contribution >= 4 is 25.4 Å². The summed E-state index contributed by atoms with van der Waals surface area (Å²) in [6.07, 6.45) is 3.30. The zero-order valence-electron chi connectivity index (χ0n) is 25.4. The maximum Gasteiger partial charge on any atom is 0.416 e. The summed E-state index contributed by atoms with van der Waals surface area (Å²) in [6.45, 7) is 11.3. The first kappa shape index (κ1) is 31.1. The van der Waals surface area contributed by atoms with Gasteiger partial charge in [-0.1, -0.05) is 58.6 Å². The highest BCUT2D eigenvalue weighted by molar-refractivity contribution is 7.08. The van der Waals surface area contributed by atoms with Crippen LogP contribution in [-0.4, -0.2) is 19.1 Å². The summed E-state index contributed by atoms with van der Waals surface area (Å²) < 4.78 is 47.2. The van der Waals surface area contributed by atoms with Gasteiger partial charge in [0.15, 0.2) is 14.1 Å². The molecule has 0 radical (unpaired) electrons. The predicted octanol–water partition coefficient (Wildman–Crippen LogP) is 10.8. The number of halogens is 3. The molecule has 2 aliphatic rings. The number of unbranched alkanes of at least 4 members (excludes halogenated alkanes) is 1. The number of hydrogen-bond donors (Lipinski definition) is 0. The quantitative estimate of drug-likeness (QED) is 0.178. The van der Waals surface area contributed by atoms with Crippen molar-refractivity contribution in [3.05, 3.63) is 74.7 Å². The minimum atomic E-state index is -4.46. The molecule has 1 unspecified atom stereocenters. The van der Waals surface area contributed by atoms with E-state index >= 15 is 0 Å². The Morgan fingerprint density at radius 3 is 2.40 bits per heavy atom. The lowest BCUT2D eigenvalue weighted by Gasteiger charge is -2.41. The highest BCUT2D eigenvalue weighted by Crippen LogP contribution is 2.51. The van der Waals surface area contributed by atoms with Gasteiger partial charge < -0.3 is 4.43 Å². The van der Waals surface area contributed by atoms with E-state index < -0.39 is 20.1 Å². The van der Waals surface area contributed by atoms with E-state index in [1.807, 2.05) is 5.38 Å². The van der Waals surface area contributed by atoms with Gasteiger partial charge >= 0.3 is 6.18 Å². The minimum absolute atomic E-state index is 0.0162. The Hall–Kier alpha value is -2.29. The van der Waals surface area contributed by atoms with E-state index in [9.17, 15) is 18.0 Å². The van der Waals surface area contributed by atoms with E-state index in [0.29, 0.717) is 5.56 Å². The maximum absolute atomic E-state index is 14.5. The van der Waals surface area contributed by atoms with Gasteiger partial charge in [0.25, 0.3) is 0 Å². The lowest BCUT2D eigenvalue weighted by Crippen LogP contribution is -2.37. The molecular formula is C34H42F3NO2SSi. The number of aromatic nitrogens is 1. The van der Waals surface area contributed by atoms with E-state index in [0.717, 1.165) is 97.6 Å². The zero-order valence-corrected chi connectivity index (χ0v) is 27.2. The van der Waals surface area contributed by atoms with Gasteiger partial charge in [0, 0.05) is 28.3 Å². The second-order valence-electron chi connectivity index (χ2n) is 13.5. The van der Waals surface area contributed by atoms with Crippen molar-refractivity contribution in [3.63, 3.8) is 0 Å². The van der Waals surface area contributed by atoms with Crippen LogP contribution < -0.4 is 0 Å². The highest BCUT2D eigenvalue weighted by Gasteiger charge is 2.42. The molecule has 226 valence electrons. The van der Waals surface area contributed by atoms with Gasteiger partial charge in [0.2, 0.25) is 0 Å². The number of rotatable bonds is 9. The lowest BCUT2D eigenvalue weighted by atomic mass is 9.71. The first-order valence-corrected chi connectivity index (χ1v) is 19.3. The Labute approximate surface area is 253 Å². The van der Waals surface area contributed by atoms with Gasteiger partial charge in [-0.25, -0.2) is 0 Å². The second kappa shape index (κ2) is 12.0. The molecule has 2 aromatic heterocycles. The van der Waals surface area contributed by atoms with Crippen LogP contribution in [0, 0.1) is 5.41 Å². The highest BCUT2D eigenvalue weighted by atomic mass is 32.1. The number of fused-ring (bicyclic) bond motifs is 1. The average Bonchev–Trinajstić information content (AvgIpc) is 3.64. The predicted molar refractivity (Wildman–Crippen MR) is 167 cm³/mol. The van der Waals surface area contributed by atoms with Crippen LogP contribution in [0.25, 0.3) is 11.1 Å². The first-order valence-electron chi connectivity index (χ1n) is 15.3. The molecule has 0 aliphatic heterocycles. The van der Waals surface area contributed by atoms with Gasteiger partial charge in [-0.2, -0.15) is 24.5 Å². The summed E-state index contributed by atoms with van der Waals surface area (Å²) in [5.41, 5.74) is 4.74. The number of thiophene rings is 1. The Morgan fingerprint density at radius 1 is 1.12 bits per heavy atom. The smallest absolute Gasteiger partial charge is 0.410 e. The second-order valence-corrected chi connectivity index (χ2v) is 18.6. The van der Waals surface area contributed by atoms with E-state index in [1.54, 1.807) is 11.3 Å². The normalized spacial score (nSPS) is 19.2. The van der Waals surface area contributed by atoms with Crippen LogP contribution in [0.4, 0.5) is 13.2 Å². The summed E-state index contributed by atoms with van der Waals surface area (Å²) in [4.78, 5) is 19.8. The number of alkyl halides is 3. The largest absolute Gasteiger partial charge is 0.416 e. The van der Waals surface area contributed by atoms with Crippen LogP contribution in [0.5, 0.6) is 0 Å². The number of pyridine rings is 1. The van der Waals surface area contributed by atoms with Crippen molar-refractivity contribution in [2.75, 3.05) is 0 Å². The molecule has 0 spiro atoms. The third-order valence-corrected chi connectivity index (χ3v) is 12.1. The molecule has 8 heteroatoms. The number of benzene rings is 1. The van der Waals surface area contributed by atoms with Gasteiger partial charge in [-0.15, -0.1) is 0 Å². The van der Waals surface area contributed by atoms with Gasteiger partial charge in [0.1, 0.15) is 0 Å². The van der Waals surface area contributed by atoms with Gasteiger partial charge in [-0.05, 0) is 84.8 Å². The minimum Gasteiger partial charge on any atom is -0.410 e. The third-order valence-electron chi connectivity index (χ3n) is 8.89. The van der Waals surface area contributed by atoms with Crippen molar-refractivity contribution in [1.82, 2.24) is 4.98 Å². The summed E-state index contributed by atoms with van der Waals surface area (Å²) in [6, 6.07) is 7.77. The standard InChI is InChI=1S/C34H42F3NO2SSi/c1-6-7-18-42(4,5)40-27-20-33(2,3)19-26-29(27)28(24-16-17-41-21-24)30(31(38-26)22-10-8-9-11-22)32(39)23-12-14-25(15-13-23)34(35,36)37/h12-17,21-22,27H,6-11,18-20H2,1-5H3. The van der Waals surface area contributed by atoms with Crippen molar-refractivity contribution in [2.24, 2.45) is 5.41 Å². The van der Waals surface area contributed by atoms with E-state index in [-0.39, 0.29) is 28.8 Å². The van der Waals surface area contributed by atoms with Crippen LogP contribution in [0.2, 0.25) is 19.1 Å². The maximum atomic E-state index is 14.5. The van der Waals surface area contributed by atoms with Gasteiger partial charge in [0.05, 0.1) is 22.9 Å². The SMILES string of the molecule is CCCC[Si](C)(C)OC1CC(C)(C)Cc2nc(C3CCCC3)c(C(=O)c3ccc(C(F)(F)F)cc3)c(-c3ccsc3)c21. The zero-order chi connectivity index (χ0) is 30.3. The van der Waals surface area contributed by atoms with E-state index in [4.69, 9.17) is 9.41 Å². The topological polar surface area (TPSA) is 39.2 Å². The summed E-state index contributed by atoms with van der Waals surface area (Å²) >= 11 is 1.58. The Kier molecular flexibility index (Phi) is 8.90. The number of carbonyl (C=O) groups is 1. The molecule has 2 heterocycles. The van der Waals surface area contributed by atoms with E-state index in [1.165, 1.54) is 12.1 Å². The molecule has 5 rings (SSSR count). The monoisotopic (exact) mass is 613 g/mol. The number of carbonyl (C=O) groups excluding carboxylic acids is 1. The Balaban J connectivity index is 1.74. The molecule has 1 saturated carbocycles. The molecule has 0 N–H and O–H groups in total. The molecule has 1 fully saturated rings. The van der Waals surface area contributed by atoms with Crippen molar-refractivity contribution < 1.29 is 22.4 Å². The molecule has 0 amide bonds. The van der Waals surface area contributed by atoms with Crippen LogP contribution in [0.15, 0.2) is 41.1 Å². The number of hydrogen-bond acceptors (Lipinski definition) is 4. The first-order chi connectivity index (χ1) is 19.8. The lowest BCUT2D eigenvalue weighted by molar-refractivity contribution is -0.137. The van der Waals surface area contributed by atoms with Crippen molar-refractivity contribution in [3.8, 4) is 11.1 Å². The molecule has 3 aromatic rings. The molecule has 2 aliphatic carbocycles. The fourth-order valence-electron chi connectivity index (χ4n) is 6.81.